The van der Waals surface area contributed by atoms with E-state index in [0.29, 0.717) is 6.61 Å². The van der Waals surface area contributed by atoms with Crippen molar-refractivity contribution < 1.29 is 14.0 Å². The molecule has 0 aliphatic rings. The summed E-state index contributed by atoms with van der Waals surface area (Å²) in [6.45, 7) is 3.77. The Balaban J connectivity index is 3.01. The Kier molecular flexibility index (Phi) is 7.08. The predicted octanol–water partition coefficient (Wildman–Crippen LogP) is 0.254. The first kappa shape index (κ1) is 10.4. The first-order valence-electron chi connectivity index (χ1n) is 3.59. The van der Waals surface area contributed by atoms with E-state index >= 15 is 0 Å². The van der Waals surface area contributed by atoms with Gasteiger partial charge in [0.25, 0.3) is 0 Å². The van der Waals surface area contributed by atoms with Gasteiger partial charge in [-0.05, 0) is 12.5 Å². The molecule has 0 spiro atoms. The van der Waals surface area contributed by atoms with Gasteiger partial charge in [0.15, 0.2) is 9.76 Å². The summed E-state index contributed by atoms with van der Waals surface area (Å²) < 4.78 is 9.70. The second-order valence-electron chi connectivity index (χ2n) is 2.07. The van der Waals surface area contributed by atoms with Crippen molar-refractivity contribution in [2.45, 2.75) is 12.5 Å². The molecule has 0 amide bonds. The first-order chi connectivity index (χ1) is 5.31. The zero-order valence-electron chi connectivity index (χ0n) is 6.84. The Labute approximate surface area is 69.3 Å². The van der Waals surface area contributed by atoms with Crippen LogP contribution in [0.15, 0.2) is 12.7 Å². The molecule has 0 atom stereocenters. The van der Waals surface area contributed by atoms with E-state index in [4.69, 9.17) is 9.16 Å². The molecule has 0 aromatic heterocycles. The minimum Gasteiger partial charge on any atom is -0.463 e. The molecule has 0 rings (SSSR count). The molecule has 0 aromatic carbocycles. The summed E-state index contributed by atoms with van der Waals surface area (Å²) in [6, 6.07) is 1.06. The lowest BCUT2D eigenvalue weighted by atomic mass is 10.5. The predicted molar refractivity (Wildman–Crippen MR) is 46.1 cm³/mol. The van der Waals surface area contributed by atoms with E-state index in [-0.39, 0.29) is 15.7 Å². The Morgan fingerprint density at radius 1 is 1.73 bits per heavy atom. The third-order valence-corrected chi connectivity index (χ3v) is 2.35. The van der Waals surface area contributed by atoms with Gasteiger partial charge in [0, 0.05) is 13.2 Å². The molecule has 64 valence electrons. The minimum absolute atomic E-state index is 0.343. The molecule has 0 saturated heterocycles. The van der Waals surface area contributed by atoms with Crippen LogP contribution >= 0.6 is 0 Å². The lowest BCUT2D eigenvalue weighted by Crippen LogP contribution is -2.03. The van der Waals surface area contributed by atoms with Crippen LogP contribution in [0.1, 0.15) is 6.42 Å². The molecule has 0 radical (unpaired) electrons. The van der Waals surface area contributed by atoms with Crippen LogP contribution < -0.4 is 0 Å². The van der Waals surface area contributed by atoms with E-state index in [1.807, 2.05) is 0 Å². The molecule has 0 heterocycles. The SMILES string of the molecule is C=CC(=O)OCCC[SiH2]OC. The highest BCUT2D eigenvalue weighted by atomic mass is 28.2. The quantitative estimate of drug-likeness (QED) is 0.251. The molecular formula is C7H14O3Si. The van der Waals surface area contributed by atoms with E-state index in [1.54, 1.807) is 7.11 Å². The summed E-state index contributed by atoms with van der Waals surface area (Å²) in [5, 5.41) is 0. The highest BCUT2D eigenvalue weighted by Crippen LogP contribution is 1.90. The van der Waals surface area contributed by atoms with E-state index < -0.39 is 0 Å². The molecule has 11 heavy (non-hydrogen) atoms. The van der Waals surface area contributed by atoms with Gasteiger partial charge in [0.2, 0.25) is 0 Å². The van der Waals surface area contributed by atoms with E-state index in [9.17, 15) is 4.79 Å². The Hall–Kier alpha value is -0.613. The van der Waals surface area contributed by atoms with Crippen molar-refractivity contribution >= 4 is 15.7 Å². The summed E-state index contributed by atoms with van der Waals surface area (Å²) in [5.41, 5.74) is 0. The molecule has 0 aromatic rings. The Bertz CT molecular complexity index is 125. The average Bonchev–Trinajstić information content (AvgIpc) is 2.04. The van der Waals surface area contributed by atoms with Crippen molar-refractivity contribution in [3.8, 4) is 0 Å². The molecular weight excluding hydrogens is 160 g/mol. The average molecular weight is 174 g/mol. The Morgan fingerprint density at radius 2 is 2.45 bits per heavy atom. The topological polar surface area (TPSA) is 35.5 Å². The lowest BCUT2D eigenvalue weighted by Gasteiger charge is -1.99. The number of hydrogen-bond donors (Lipinski definition) is 0. The fraction of sp³-hybridized carbons (Fsp3) is 0.571. The number of rotatable bonds is 6. The van der Waals surface area contributed by atoms with Crippen molar-refractivity contribution in [2.75, 3.05) is 13.7 Å². The van der Waals surface area contributed by atoms with Crippen molar-refractivity contribution in [1.29, 1.82) is 0 Å². The first-order valence-corrected chi connectivity index (χ1v) is 5.17. The summed E-state index contributed by atoms with van der Waals surface area (Å²) in [6.07, 6.45) is 2.08. The van der Waals surface area contributed by atoms with Gasteiger partial charge in [-0.25, -0.2) is 4.79 Å². The van der Waals surface area contributed by atoms with Gasteiger partial charge in [-0.15, -0.1) is 0 Å². The molecule has 0 fully saturated rings. The van der Waals surface area contributed by atoms with E-state index in [0.717, 1.165) is 12.5 Å². The van der Waals surface area contributed by atoms with Crippen molar-refractivity contribution in [3.05, 3.63) is 12.7 Å². The zero-order chi connectivity index (χ0) is 8.53. The molecule has 0 aliphatic heterocycles. The second kappa shape index (κ2) is 7.49. The van der Waals surface area contributed by atoms with Gasteiger partial charge < -0.3 is 9.16 Å². The van der Waals surface area contributed by atoms with Crippen molar-refractivity contribution in [2.24, 2.45) is 0 Å². The highest BCUT2D eigenvalue weighted by molar-refractivity contribution is 6.26. The standard InChI is InChI=1S/C7H14O3Si/c1-3-7(8)10-5-4-6-11-9-2/h3H,1,4-6,11H2,2H3. The van der Waals surface area contributed by atoms with Crippen LogP contribution in [0.4, 0.5) is 0 Å². The van der Waals surface area contributed by atoms with Crippen molar-refractivity contribution in [1.82, 2.24) is 0 Å². The number of carbonyl (C=O) groups excluding carboxylic acids is 1. The van der Waals surface area contributed by atoms with Crippen LogP contribution in [0.25, 0.3) is 0 Å². The highest BCUT2D eigenvalue weighted by Gasteiger charge is 1.94. The Morgan fingerprint density at radius 3 is 3.00 bits per heavy atom. The van der Waals surface area contributed by atoms with Crippen LogP contribution in [0.3, 0.4) is 0 Å². The van der Waals surface area contributed by atoms with Crippen LogP contribution in [-0.4, -0.2) is 29.4 Å². The number of ether oxygens (including phenoxy) is 1. The fourth-order valence-corrected chi connectivity index (χ4v) is 1.28. The van der Waals surface area contributed by atoms with Crippen LogP contribution in [0, 0.1) is 0 Å². The number of hydrogen-bond acceptors (Lipinski definition) is 3. The van der Waals surface area contributed by atoms with E-state index in [2.05, 4.69) is 6.58 Å². The molecule has 0 saturated carbocycles. The monoisotopic (exact) mass is 174 g/mol. The maximum Gasteiger partial charge on any atom is 0.330 e. The summed E-state index contributed by atoms with van der Waals surface area (Å²) >= 11 is 0. The lowest BCUT2D eigenvalue weighted by molar-refractivity contribution is -0.137. The van der Waals surface area contributed by atoms with Gasteiger partial charge in [-0.2, -0.15) is 0 Å². The maximum absolute atomic E-state index is 10.5. The van der Waals surface area contributed by atoms with Gasteiger partial charge in [-0.1, -0.05) is 6.58 Å². The maximum atomic E-state index is 10.5. The largest absolute Gasteiger partial charge is 0.463 e. The summed E-state index contributed by atoms with van der Waals surface area (Å²) in [7, 11) is 1.36. The molecule has 0 unspecified atom stereocenters. The summed E-state index contributed by atoms with van der Waals surface area (Å²) in [4.78, 5) is 10.5. The molecule has 0 aliphatic carbocycles. The molecule has 0 bridgehead atoms. The normalized spacial score (nSPS) is 10.3. The third kappa shape index (κ3) is 7.28. The van der Waals surface area contributed by atoms with Gasteiger partial charge in [-0.3, -0.25) is 0 Å². The second-order valence-corrected chi connectivity index (χ2v) is 3.76. The molecule has 4 heteroatoms. The fourth-order valence-electron chi connectivity index (χ4n) is 0.580. The van der Waals surface area contributed by atoms with Crippen LogP contribution in [-0.2, 0) is 14.0 Å². The summed E-state index contributed by atoms with van der Waals surface area (Å²) in [5.74, 6) is -0.343. The van der Waals surface area contributed by atoms with Crippen LogP contribution in [0.2, 0.25) is 6.04 Å². The number of esters is 1. The third-order valence-electron chi connectivity index (χ3n) is 1.15. The van der Waals surface area contributed by atoms with Crippen molar-refractivity contribution in [3.63, 3.8) is 0 Å². The smallest absolute Gasteiger partial charge is 0.330 e. The molecule has 0 N–H and O–H groups in total. The minimum atomic E-state index is -0.347. The van der Waals surface area contributed by atoms with E-state index in [1.165, 1.54) is 6.08 Å². The number of carbonyl (C=O) groups is 1. The van der Waals surface area contributed by atoms with Gasteiger partial charge in [0.05, 0.1) is 6.61 Å². The van der Waals surface area contributed by atoms with Gasteiger partial charge in [0.1, 0.15) is 0 Å². The van der Waals surface area contributed by atoms with Gasteiger partial charge >= 0.3 is 5.97 Å². The van der Waals surface area contributed by atoms with Crippen LogP contribution in [0.5, 0.6) is 0 Å². The zero-order valence-corrected chi connectivity index (χ0v) is 8.25. The molecule has 3 nitrogen and oxygen atoms in total.